The zero-order valence-corrected chi connectivity index (χ0v) is 14.5. The van der Waals surface area contributed by atoms with Gasteiger partial charge in [0.2, 0.25) is 0 Å². The van der Waals surface area contributed by atoms with Crippen molar-refractivity contribution in [2.24, 2.45) is 5.10 Å². The monoisotopic (exact) mass is 341 g/mol. The predicted octanol–water partition coefficient (Wildman–Crippen LogP) is 3.13. The Bertz CT molecular complexity index is 710. The molecule has 0 saturated heterocycles. The van der Waals surface area contributed by atoms with Crippen LogP contribution >= 0.6 is 0 Å². The topological polar surface area (TPSA) is 83.0 Å². The molecule has 0 fully saturated rings. The molecule has 1 amide bonds. The highest BCUT2D eigenvalue weighted by Crippen LogP contribution is 2.15. The van der Waals surface area contributed by atoms with Crippen LogP contribution in [0.15, 0.2) is 53.6 Å². The zero-order valence-electron chi connectivity index (χ0n) is 14.5. The average Bonchev–Trinajstić information content (AvgIpc) is 2.63. The van der Waals surface area contributed by atoms with Gasteiger partial charge in [0.25, 0.3) is 5.91 Å². The minimum Gasteiger partial charge on any atom is -0.508 e. The molecule has 3 N–H and O–H groups in total. The first-order chi connectivity index (χ1) is 12.1. The molecule has 0 bridgehead atoms. The van der Waals surface area contributed by atoms with Gasteiger partial charge in [-0.15, -0.1) is 0 Å². The number of hydrogen-bond acceptors (Lipinski definition) is 5. The van der Waals surface area contributed by atoms with Crippen LogP contribution in [0.4, 0.5) is 5.69 Å². The first-order valence-corrected chi connectivity index (χ1v) is 8.24. The molecule has 6 nitrogen and oxygen atoms in total. The number of phenolic OH excluding ortho intramolecular Hbond substituents is 1. The number of carbonyl (C=O) groups is 1. The summed E-state index contributed by atoms with van der Waals surface area (Å²) >= 11 is 0. The largest absolute Gasteiger partial charge is 0.508 e. The van der Waals surface area contributed by atoms with Crippen LogP contribution in [-0.4, -0.2) is 29.9 Å². The van der Waals surface area contributed by atoms with Crippen LogP contribution in [0.25, 0.3) is 0 Å². The van der Waals surface area contributed by atoms with Gasteiger partial charge in [-0.2, -0.15) is 5.10 Å². The third kappa shape index (κ3) is 5.84. The van der Waals surface area contributed by atoms with E-state index in [4.69, 9.17) is 4.74 Å². The van der Waals surface area contributed by atoms with E-state index in [9.17, 15) is 9.90 Å². The van der Waals surface area contributed by atoms with Crippen molar-refractivity contribution in [1.82, 2.24) is 5.43 Å². The van der Waals surface area contributed by atoms with Gasteiger partial charge in [-0.3, -0.25) is 4.79 Å². The fraction of sp³-hybridized carbons (Fsp3) is 0.263. The number of nitrogens with zero attached hydrogens (tertiary/aromatic N) is 1. The van der Waals surface area contributed by atoms with Gasteiger partial charge >= 0.3 is 0 Å². The van der Waals surface area contributed by atoms with Gasteiger partial charge in [0.1, 0.15) is 11.5 Å². The predicted molar refractivity (Wildman–Crippen MR) is 99.2 cm³/mol. The third-order valence-electron chi connectivity index (χ3n) is 3.47. The molecule has 0 radical (unpaired) electrons. The number of benzene rings is 2. The Morgan fingerprint density at radius 1 is 1.08 bits per heavy atom. The lowest BCUT2D eigenvalue weighted by Gasteiger charge is -2.08. The summed E-state index contributed by atoms with van der Waals surface area (Å²) in [4.78, 5) is 11.9. The van der Waals surface area contributed by atoms with Crippen LogP contribution in [0.5, 0.6) is 11.5 Å². The van der Waals surface area contributed by atoms with Crippen molar-refractivity contribution in [3.63, 3.8) is 0 Å². The number of phenols is 1. The maximum absolute atomic E-state index is 11.9. The van der Waals surface area contributed by atoms with Gasteiger partial charge in [-0.05, 0) is 67.4 Å². The first-order valence-electron chi connectivity index (χ1n) is 8.24. The Hall–Kier alpha value is -3.02. The molecule has 2 aromatic carbocycles. The standard InChI is InChI=1S/C19H23N3O3/c1-3-18(14-5-9-16(23)10-6-14)21-22-19(24)13-20-15-7-11-17(12-8-15)25-4-2/h5-12,20,23H,3-4,13H2,1-2H3,(H,22,24)/b21-18+. The molecule has 0 aliphatic carbocycles. The van der Waals surface area contributed by atoms with E-state index in [0.29, 0.717) is 13.0 Å². The molecule has 0 saturated carbocycles. The van der Waals surface area contributed by atoms with E-state index in [1.54, 1.807) is 24.3 Å². The Balaban J connectivity index is 1.87. The first kappa shape index (κ1) is 18.3. The second-order valence-electron chi connectivity index (χ2n) is 5.30. The minimum absolute atomic E-state index is 0.115. The molecule has 132 valence electrons. The van der Waals surface area contributed by atoms with E-state index in [1.807, 2.05) is 38.1 Å². The van der Waals surface area contributed by atoms with Gasteiger partial charge in [0.05, 0.1) is 18.9 Å². The smallest absolute Gasteiger partial charge is 0.259 e. The fourth-order valence-corrected chi connectivity index (χ4v) is 2.19. The van der Waals surface area contributed by atoms with Crippen LogP contribution in [0, 0.1) is 0 Å². The number of hydrogen-bond donors (Lipinski definition) is 3. The van der Waals surface area contributed by atoms with Gasteiger partial charge in [-0.25, -0.2) is 5.43 Å². The van der Waals surface area contributed by atoms with Crippen molar-refractivity contribution >= 4 is 17.3 Å². The summed E-state index contributed by atoms with van der Waals surface area (Å²) in [5.41, 5.74) is 4.98. The highest BCUT2D eigenvalue weighted by molar-refractivity contribution is 6.01. The maximum Gasteiger partial charge on any atom is 0.259 e. The minimum atomic E-state index is -0.237. The molecular formula is C19H23N3O3. The number of aromatic hydroxyl groups is 1. The lowest BCUT2D eigenvalue weighted by molar-refractivity contribution is -0.119. The van der Waals surface area contributed by atoms with E-state index in [-0.39, 0.29) is 18.2 Å². The zero-order chi connectivity index (χ0) is 18.1. The third-order valence-corrected chi connectivity index (χ3v) is 3.47. The second kappa shape index (κ2) is 9.32. The van der Waals surface area contributed by atoms with Crippen molar-refractivity contribution in [1.29, 1.82) is 0 Å². The van der Waals surface area contributed by atoms with Crippen molar-refractivity contribution in [3.8, 4) is 11.5 Å². The molecule has 6 heteroatoms. The fourth-order valence-electron chi connectivity index (χ4n) is 2.19. The van der Waals surface area contributed by atoms with Crippen molar-refractivity contribution in [2.75, 3.05) is 18.5 Å². The van der Waals surface area contributed by atoms with Gasteiger partial charge in [0.15, 0.2) is 0 Å². The number of ether oxygens (including phenoxy) is 1. The molecule has 0 unspecified atom stereocenters. The lowest BCUT2D eigenvalue weighted by atomic mass is 10.1. The number of carbonyl (C=O) groups excluding carboxylic acids is 1. The normalized spacial score (nSPS) is 11.0. The molecule has 2 rings (SSSR count). The molecule has 2 aromatic rings. The highest BCUT2D eigenvalue weighted by Gasteiger charge is 2.04. The Morgan fingerprint density at radius 3 is 2.36 bits per heavy atom. The summed E-state index contributed by atoms with van der Waals surface area (Å²) in [5, 5.41) is 16.5. The summed E-state index contributed by atoms with van der Waals surface area (Å²) in [5.74, 6) is 0.755. The van der Waals surface area contributed by atoms with E-state index >= 15 is 0 Å². The second-order valence-corrected chi connectivity index (χ2v) is 5.30. The number of hydrazone groups is 1. The van der Waals surface area contributed by atoms with Crippen molar-refractivity contribution < 1.29 is 14.6 Å². The Morgan fingerprint density at radius 2 is 1.76 bits per heavy atom. The van der Waals surface area contributed by atoms with Crippen molar-refractivity contribution in [2.45, 2.75) is 20.3 Å². The van der Waals surface area contributed by atoms with Crippen molar-refractivity contribution in [3.05, 3.63) is 54.1 Å². The van der Waals surface area contributed by atoms with E-state index < -0.39 is 0 Å². The Labute approximate surface area is 147 Å². The van der Waals surface area contributed by atoms with Crippen LogP contribution in [-0.2, 0) is 4.79 Å². The number of rotatable bonds is 8. The number of nitrogens with one attached hydrogen (secondary N) is 2. The van der Waals surface area contributed by atoms with E-state index in [2.05, 4.69) is 15.8 Å². The number of amides is 1. The SMILES string of the molecule is CCOc1ccc(NCC(=O)N/N=C(\CC)c2ccc(O)cc2)cc1. The van der Waals surface area contributed by atoms with Gasteiger partial charge in [0, 0.05) is 5.69 Å². The summed E-state index contributed by atoms with van der Waals surface area (Å²) in [6.45, 7) is 4.62. The van der Waals surface area contributed by atoms with Crippen LogP contribution < -0.4 is 15.5 Å². The summed E-state index contributed by atoms with van der Waals surface area (Å²) in [6.07, 6.45) is 0.664. The quantitative estimate of drug-likeness (QED) is 0.509. The van der Waals surface area contributed by atoms with Crippen LogP contribution in [0.1, 0.15) is 25.8 Å². The number of anilines is 1. The molecule has 25 heavy (non-hydrogen) atoms. The lowest BCUT2D eigenvalue weighted by Crippen LogP contribution is -2.27. The Kier molecular flexibility index (Phi) is 6.83. The van der Waals surface area contributed by atoms with Gasteiger partial charge in [-0.1, -0.05) is 6.92 Å². The summed E-state index contributed by atoms with van der Waals surface area (Å²) in [6, 6.07) is 14.1. The van der Waals surface area contributed by atoms with Gasteiger partial charge < -0.3 is 15.2 Å². The molecular weight excluding hydrogens is 318 g/mol. The molecule has 0 aromatic heterocycles. The van der Waals surface area contributed by atoms with E-state index in [0.717, 1.165) is 22.7 Å². The molecule has 0 atom stereocenters. The molecule has 0 spiro atoms. The molecule has 0 heterocycles. The maximum atomic E-state index is 11.9. The van der Waals surface area contributed by atoms with Crippen LogP contribution in [0.2, 0.25) is 0 Å². The molecule has 0 aliphatic heterocycles. The average molecular weight is 341 g/mol. The summed E-state index contributed by atoms with van der Waals surface area (Å²) < 4.78 is 5.37. The summed E-state index contributed by atoms with van der Waals surface area (Å²) in [7, 11) is 0. The van der Waals surface area contributed by atoms with Crippen LogP contribution in [0.3, 0.4) is 0 Å². The van der Waals surface area contributed by atoms with E-state index in [1.165, 1.54) is 0 Å². The molecule has 0 aliphatic rings. The highest BCUT2D eigenvalue weighted by atomic mass is 16.5.